The van der Waals surface area contributed by atoms with E-state index in [0.29, 0.717) is 53.3 Å². The average molecular weight is 467 g/mol. The highest BCUT2D eigenvalue weighted by atomic mass is 19.1. The van der Waals surface area contributed by atoms with Crippen LogP contribution in [-0.2, 0) is 16.5 Å². The number of nitrogens with zero attached hydrogens (tertiary/aromatic N) is 4. The number of benzene rings is 1. The Morgan fingerprint density at radius 2 is 2.06 bits per heavy atom. The first-order valence-electron chi connectivity index (χ1n) is 10.6. The minimum absolute atomic E-state index is 0.275. The highest BCUT2D eigenvalue weighted by Gasteiger charge is 2.27. The van der Waals surface area contributed by atoms with Crippen LogP contribution in [0.3, 0.4) is 0 Å². The predicted octanol–water partition coefficient (Wildman–Crippen LogP) is 1.89. The molecule has 3 N–H and O–H groups in total. The second kappa shape index (κ2) is 8.71. The van der Waals surface area contributed by atoms with Gasteiger partial charge in [0, 0.05) is 18.6 Å². The van der Waals surface area contributed by atoms with E-state index in [2.05, 4.69) is 35.4 Å². The summed E-state index contributed by atoms with van der Waals surface area (Å²) in [5.41, 5.74) is 2.77. The number of aromatic amines is 1. The van der Waals surface area contributed by atoms with Crippen molar-refractivity contribution in [3.05, 3.63) is 42.0 Å². The Morgan fingerprint density at radius 1 is 1.26 bits per heavy atom. The molecule has 1 aromatic carbocycles. The quantitative estimate of drug-likeness (QED) is 0.417. The molecule has 0 spiro atoms. The summed E-state index contributed by atoms with van der Waals surface area (Å²) in [5, 5.41) is 10.8. The number of hydrogen-bond acceptors (Lipinski definition) is 7. The van der Waals surface area contributed by atoms with Crippen molar-refractivity contribution in [2.24, 2.45) is 7.05 Å². The summed E-state index contributed by atoms with van der Waals surface area (Å²) in [6.45, 7) is 0.659. The third-order valence-corrected chi connectivity index (χ3v) is 5.73. The molecule has 1 fully saturated rings. The summed E-state index contributed by atoms with van der Waals surface area (Å²) in [6.07, 6.45) is 3.05. The molecule has 2 unspecified atom stereocenters. The molecule has 1 saturated heterocycles. The fraction of sp³-hybridized carbons (Fsp3) is 0.318. The number of amides is 2. The molecule has 2 atom stereocenters. The Labute approximate surface area is 192 Å². The van der Waals surface area contributed by atoms with Gasteiger partial charge in [0.2, 0.25) is 0 Å². The summed E-state index contributed by atoms with van der Waals surface area (Å²) < 4.78 is 25.4. The Hall–Kier alpha value is -4.06. The van der Waals surface area contributed by atoms with Crippen LogP contribution in [0.5, 0.6) is 0 Å². The van der Waals surface area contributed by atoms with E-state index >= 15 is 0 Å². The normalized spacial score (nSPS) is 18.2. The maximum Gasteiger partial charge on any atom is 0.407 e. The van der Waals surface area contributed by atoms with Crippen molar-refractivity contribution in [3.8, 4) is 11.4 Å². The van der Waals surface area contributed by atoms with E-state index in [9.17, 15) is 14.0 Å². The van der Waals surface area contributed by atoms with Crippen LogP contribution in [0.2, 0.25) is 0 Å². The summed E-state index contributed by atoms with van der Waals surface area (Å²) in [4.78, 5) is 36.5. The van der Waals surface area contributed by atoms with Gasteiger partial charge in [-0.05, 0) is 24.6 Å². The lowest BCUT2D eigenvalue weighted by Crippen LogP contribution is -2.50. The van der Waals surface area contributed by atoms with Gasteiger partial charge >= 0.3 is 6.09 Å². The van der Waals surface area contributed by atoms with Crippen LogP contribution in [-0.4, -0.2) is 69.1 Å². The molecule has 5 rings (SSSR count). The largest absolute Gasteiger partial charge is 0.453 e. The lowest BCUT2D eigenvalue weighted by molar-refractivity contribution is 0.0425. The number of fused-ring (bicyclic) bond motifs is 2. The van der Waals surface area contributed by atoms with Crippen LogP contribution in [0.4, 0.5) is 9.18 Å². The van der Waals surface area contributed by atoms with Gasteiger partial charge in [0.1, 0.15) is 22.7 Å². The minimum Gasteiger partial charge on any atom is -0.453 e. The number of aryl methyl sites for hydroxylation is 1. The van der Waals surface area contributed by atoms with Gasteiger partial charge in [-0.15, -0.1) is 0 Å². The van der Waals surface area contributed by atoms with Gasteiger partial charge < -0.3 is 25.1 Å². The molecular weight excluding hydrogens is 445 g/mol. The van der Waals surface area contributed by atoms with Crippen LogP contribution in [0.1, 0.15) is 16.8 Å². The monoisotopic (exact) mass is 467 g/mol. The smallest absolute Gasteiger partial charge is 0.407 e. The molecule has 4 heterocycles. The number of alkyl carbamates (subject to hydrolysis) is 1. The number of nitrogens with one attached hydrogen (secondary N) is 3. The van der Waals surface area contributed by atoms with Crippen LogP contribution >= 0.6 is 0 Å². The van der Waals surface area contributed by atoms with Crippen molar-refractivity contribution in [3.63, 3.8) is 0 Å². The molecule has 176 valence electrons. The SMILES string of the molecule is COC(=O)NC1COCC(NC(=O)c2c[nH]c3ncc(-c4nn(C)c5cc(F)ccc45)nc23)C1. The number of methoxy groups -OCH3 is 1. The van der Waals surface area contributed by atoms with E-state index in [1.54, 1.807) is 30.2 Å². The molecule has 12 heteroatoms. The van der Waals surface area contributed by atoms with E-state index in [-0.39, 0.29) is 23.8 Å². The number of rotatable bonds is 4. The standard InChI is InChI=1S/C22H22FN7O4/c1-30-17-5-11(23)3-4-14(17)18(29-30)16-8-25-20-19(28-16)15(7-24-20)21(31)26-12-6-13(10-34-9-12)27-22(32)33-2/h3-5,7-8,12-13H,6,9-10H2,1-2H3,(H,24,25)(H,26,31)(H,27,32). The summed E-state index contributed by atoms with van der Waals surface area (Å²) in [6, 6.07) is 3.83. The summed E-state index contributed by atoms with van der Waals surface area (Å²) in [7, 11) is 3.01. The molecule has 11 nitrogen and oxygen atoms in total. The molecule has 34 heavy (non-hydrogen) atoms. The Morgan fingerprint density at radius 3 is 2.85 bits per heavy atom. The Balaban J connectivity index is 1.41. The van der Waals surface area contributed by atoms with Crippen LogP contribution in [0.25, 0.3) is 33.5 Å². The van der Waals surface area contributed by atoms with Crippen molar-refractivity contribution < 1.29 is 23.5 Å². The van der Waals surface area contributed by atoms with Crippen LogP contribution in [0.15, 0.2) is 30.6 Å². The molecule has 3 aromatic heterocycles. The topological polar surface area (TPSA) is 136 Å². The molecule has 1 aliphatic rings. The number of carbonyl (C=O) groups is 2. The number of hydrogen-bond donors (Lipinski definition) is 3. The van der Waals surface area contributed by atoms with Gasteiger partial charge in [-0.1, -0.05) is 0 Å². The van der Waals surface area contributed by atoms with Gasteiger partial charge in [0.25, 0.3) is 5.91 Å². The van der Waals surface area contributed by atoms with E-state index in [1.807, 2.05) is 0 Å². The number of carbonyl (C=O) groups excluding carboxylic acids is 2. The Bertz CT molecular complexity index is 1400. The number of H-pyrrole nitrogens is 1. The lowest BCUT2D eigenvalue weighted by Gasteiger charge is -2.29. The van der Waals surface area contributed by atoms with Gasteiger partial charge in [-0.2, -0.15) is 5.10 Å². The molecular formula is C22H22FN7O4. The number of aromatic nitrogens is 5. The van der Waals surface area contributed by atoms with Gasteiger partial charge in [0.05, 0.1) is 49.7 Å². The lowest BCUT2D eigenvalue weighted by atomic mass is 10.1. The highest BCUT2D eigenvalue weighted by Crippen LogP contribution is 2.28. The van der Waals surface area contributed by atoms with Gasteiger partial charge in [-0.3, -0.25) is 9.48 Å². The van der Waals surface area contributed by atoms with Crippen molar-refractivity contribution in [1.82, 2.24) is 35.4 Å². The van der Waals surface area contributed by atoms with E-state index in [4.69, 9.17) is 4.74 Å². The fourth-order valence-electron chi connectivity index (χ4n) is 4.12. The second-order valence-electron chi connectivity index (χ2n) is 8.06. The van der Waals surface area contributed by atoms with Crippen LogP contribution in [0, 0.1) is 5.82 Å². The third-order valence-electron chi connectivity index (χ3n) is 5.73. The highest BCUT2D eigenvalue weighted by molar-refractivity contribution is 6.05. The zero-order valence-corrected chi connectivity index (χ0v) is 18.5. The number of halogens is 1. The van der Waals surface area contributed by atoms with Crippen molar-refractivity contribution >= 4 is 34.1 Å². The van der Waals surface area contributed by atoms with Gasteiger partial charge in [0.15, 0.2) is 5.65 Å². The van der Waals surface area contributed by atoms with E-state index in [0.717, 1.165) is 5.39 Å². The molecule has 4 aromatic rings. The average Bonchev–Trinajstić information content (AvgIpc) is 3.39. The fourth-order valence-corrected chi connectivity index (χ4v) is 4.12. The first-order chi connectivity index (χ1) is 16.4. The molecule has 0 bridgehead atoms. The minimum atomic E-state index is -0.551. The molecule has 2 amide bonds. The molecule has 0 radical (unpaired) electrons. The zero-order chi connectivity index (χ0) is 23.8. The van der Waals surface area contributed by atoms with Crippen molar-refractivity contribution in [2.75, 3.05) is 20.3 Å². The summed E-state index contributed by atoms with van der Waals surface area (Å²) in [5.74, 6) is -0.707. The van der Waals surface area contributed by atoms with E-state index in [1.165, 1.54) is 19.2 Å². The summed E-state index contributed by atoms with van der Waals surface area (Å²) >= 11 is 0. The molecule has 1 aliphatic heterocycles. The molecule has 0 aliphatic carbocycles. The van der Waals surface area contributed by atoms with Gasteiger partial charge in [-0.25, -0.2) is 19.2 Å². The second-order valence-corrected chi connectivity index (χ2v) is 8.06. The predicted molar refractivity (Wildman–Crippen MR) is 120 cm³/mol. The Kier molecular flexibility index (Phi) is 5.57. The third kappa shape index (κ3) is 4.03. The first-order valence-corrected chi connectivity index (χ1v) is 10.6. The van der Waals surface area contributed by atoms with Crippen molar-refractivity contribution in [2.45, 2.75) is 18.5 Å². The first kappa shape index (κ1) is 21.8. The van der Waals surface area contributed by atoms with Crippen molar-refractivity contribution in [1.29, 1.82) is 0 Å². The van der Waals surface area contributed by atoms with Crippen LogP contribution < -0.4 is 10.6 Å². The van der Waals surface area contributed by atoms with E-state index < -0.39 is 6.09 Å². The molecule has 0 saturated carbocycles. The maximum atomic E-state index is 13.7. The maximum absolute atomic E-state index is 13.7. The number of ether oxygens (including phenoxy) is 2. The zero-order valence-electron chi connectivity index (χ0n) is 18.5.